The predicted octanol–water partition coefficient (Wildman–Crippen LogP) is 2.45. The number of ether oxygens (including phenoxy) is 2. The number of carbonyl (C=O) groups excluding carboxylic acids is 1. The van der Waals surface area contributed by atoms with Crippen molar-refractivity contribution in [1.82, 2.24) is 25.3 Å². The van der Waals surface area contributed by atoms with Crippen LogP contribution in [0.1, 0.15) is 35.6 Å². The summed E-state index contributed by atoms with van der Waals surface area (Å²) in [6.07, 6.45) is 4.91. The van der Waals surface area contributed by atoms with Gasteiger partial charge < -0.3 is 20.5 Å². The molecule has 0 fully saturated rings. The highest BCUT2D eigenvalue weighted by molar-refractivity contribution is 6.16. The molecule has 0 atom stereocenters. The van der Waals surface area contributed by atoms with E-state index in [-0.39, 0.29) is 30.0 Å². The first-order valence-corrected chi connectivity index (χ1v) is 11.3. The van der Waals surface area contributed by atoms with E-state index in [9.17, 15) is 9.18 Å². The highest BCUT2D eigenvalue weighted by atomic mass is 19.1. The number of benzene rings is 1. The molecule has 1 aliphatic heterocycles. The molecule has 10 nitrogen and oxygen atoms in total. The Labute approximate surface area is 207 Å². The fourth-order valence-electron chi connectivity index (χ4n) is 3.71. The third kappa shape index (κ3) is 5.87. The van der Waals surface area contributed by atoms with Gasteiger partial charge in [-0.15, -0.1) is 0 Å². The summed E-state index contributed by atoms with van der Waals surface area (Å²) in [5, 5.41) is 2.78. The van der Waals surface area contributed by atoms with Gasteiger partial charge in [-0.3, -0.25) is 4.79 Å². The monoisotopic (exact) mass is 491 g/mol. The minimum absolute atomic E-state index is 0.0239. The molecule has 36 heavy (non-hydrogen) atoms. The fraction of sp³-hybridized carbons (Fsp3) is 0.280. The third-order valence-electron chi connectivity index (χ3n) is 5.45. The van der Waals surface area contributed by atoms with Crippen molar-refractivity contribution in [3.8, 4) is 5.88 Å². The van der Waals surface area contributed by atoms with Crippen LogP contribution in [0.4, 0.5) is 10.2 Å². The van der Waals surface area contributed by atoms with Crippen molar-refractivity contribution in [1.29, 1.82) is 0 Å². The summed E-state index contributed by atoms with van der Waals surface area (Å²) < 4.78 is 23.6. The lowest BCUT2D eigenvalue weighted by Gasteiger charge is -2.09. The molecule has 1 amide bonds. The Bertz CT molecular complexity index is 1310. The van der Waals surface area contributed by atoms with Crippen LogP contribution in [0.25, 0.3) is 11.3 Å². The molecule has 1 aromatic carbocycles. The molecule has 3 heterocycles. The number of hydrogen-bond acceptors (Lipinski definition) is 9. The standard InChI is InChI=1S/C25H26FN7O3/c1-35-14-22(34)29-10-3-4-21-28-11-9-18(31-21)23-17(20-13-30-24(27)25(33-20)36-2)12-19(32-23)15-5-7-16(26)8-6-15/h5-9,11,13H,3-4,10,12,14H2,1-2H3,(H2,27,30)(H,29,34). The summed E-state index contributed by atoms with van der Waals surface area (Å²) in [5.41, 5.74) is 9.98. The van der Waals surface area contributed by atoms with Crippen molar-refractivity contribution in [3.05, 3.63) is 71.3 Å². The molecule has 3 aromatic rings. The van der Waals surface area contributed by atoms with Crippen LogP contribution in [0.5, 0.6) is 5.88 Å². The van der Waals surface area contributed by atoms with Crippen LogP contribution >= 0.6 is 0 Å². The molecule has 1 aliphatic rings. The van der Waals surface area contributed by atoms with Crippen LogP contribution in [-0.2, 0) is 16.0 Å². The normalized spacial score (nSPS) is 13.0. The van der Waals surface area contributed by atoms with Gasteiger partial charge in [0, 0.05) is 38.3 Å². The first-order chi connectivity index (χ1) is 17.5. The predicted molar refractivity (Wildman–Crippen MR) is 133 cm³/mol. The molecule has 2 aromatic heterocycles. The summed E-state index contributed by atoms with van der Waals surface area (Å²) in [6, 6.07) is 7.95. The molecular formula is C25H26FN7O3. The highest BCUT2D eigenvalue weighted by Crippen LogP contribution is 2.36. The zero-order chi connectivity index (χ0) is 25.5. The molecule has 3 N–H and O–H groups in total. The van der Waals surface area contributed by atoms with Crippen molar-refractivity contribution in [2.45, 2.75) is 19.3 Å². The Morgan fingerprint density at radius 1 is 1.11 bits per heavy atom. The molecule has 0 saturated heterocycles. The summed E-state index contributed by atoms with van der Waals surface area (Å²) in [4.78, 5) is 34.2. The average Bonchev–Trinajstić information content (AvgIpc) is 3.33. The lowest BCUT2D eigenvalue weighted by molar-refractivity contribution is -0.124. The van der Waals surface area contributed by atoms with E-state index in [0.29, 0.717) is 48.7 Å². The maximum Gasteiger partial charge on any atom is 0.257 e. The smallest absolute Gasteiger partial charge is 0.257 e. The summed E-state index contributed by atoms with van der Waals surface area (Å²) in [7, 11) is 2.95. The number of hydrogen-bond donors (Lipinski definition) is 2. The molecule has 0 unspecified atom stereocenters. The number of nitrogens with zero attached hydrogens (tertiary/aromatic N) is 5. The number of aliphatic imine (C=N–C) groups is 1. The van der Waals surface area contributed by atoms with E-state index in [1.165, 1.54) is 26.4 Å². The second kappa shape index (κ2) is 11.5. The number of amides is 1. The Balaban J connectivity index is 1.63. The Kier molecular flexibility index (Phi) is 7.91. The van der Waals surface area contributed by atoms with Crippen LogP contribution in [0.3, 0.4) is 0 Å². The Morgan fingerprint density at radius 2 is 1.92 bits per heavy atom. The lowest BCUT2D eigenvalue weighted by Crippen LogP contribution is -2.28. The van der Waals surface area contributed by atoms with Gasteiger partial charge in [0.05, 0.1) is 36.1 Å². The average molecular weight is 492 g/mol. The Hall–Kier alpha value is -4.25. The van der Waals surface area contributed by atoms with Crippen molar-refractivity contribution >= 4 is 28.7 Å². The number of nitrogen functional groups attached to an aromatic ring is 1. The molecule has 0 spiro atoms. The molecule has 0 saturated carbocycles. The van der Waals surface area contributed by atoms with E-state index in [2.05, 4.69) is 20.3 Å². The quantitative estimate of drug-likeness (QED) is 0.413. The van der Waals surface area contributed by atoms with Crippen molar-refractivity contribution in [2.24, 2.45) is 4.99 Å². The van der Waals surface area contributed by atoms with Gasteiger partial charge in [0.2, 0.25) is 5.91 Å². The molecule has 11 heteroatoms. The van der Waals surface area contributed by atoms with Crippen LogP contribution < -0.4 is 15.8 Å². The van der Waals surface area contributed by atoms with E-state index < -0.39 is 0 Å². The molecule has 0 bridgehead atoms. The number of nitrogens with two attached hydrogens (primary N) is 1. The largest absolute Gasteiger partial charge is 0.478 e. The van der Waals surface area contributed by atoms with Gasteiger partial charge in [0.25, 0.3) is 5.88 Å². The van der Waals surface area contributed by atoms with Gasteiger partial charge in [0.1, 0.15) is 18.2 Å². The number of aromatic nitrogens is 4. The maximum atomic E-state index is 13.5. The van der Waals surface area contributed by atoms with E-state index in [4.69, 9.17) is 25.2 Å². The topological polar surface area (TPSA) is 138 Å². The first-order valence-electron chi connectivity index (χ1n) is 11.3. The van der Waals surface area contributed by atoms with Gasteiger partial charge >= 0.3 is 0 Å². The van der Waals surface area contributed by atoms with Crippen LogP contribution in [-0.4, -0.2) is 58.9 Å². The zero-order valence-corrected chi connectivity index (χ0v) is 20.0. The Morgan fingerprint density at radius 3 is 2.67 bits per heavy atom. The van der Waals surface area contributed by atoms with Crippen molar-refractivity contribution < 1.29 is 18.7 Å². The van der Waals surface area contributed by atoms with E-state index in [1.54, 1.807) is 30.6 Å². The van der Waals surface area contributed by atoms with Gasteiger partial charge in [-0.1, -0.05) is 12.1 Å². The van der Waals surface area contributed by atoms with Gasteiger partial charge in [-0.25, -0.2) is 29.3 Å². The molecule has 186 valence electrons. The van der Waals surface area contributed by atoms with Crippen molar-refractivity contribution in [2.75, 3.05) is 33.1 Å². The molecule has 0 radical (unpaired) electrons. The highest BCUT2D eigenvalue weighted by Gasteiger charge is 2.25. The number of nitrogens with one attached hydrogen (secondary N) is 1. The summed E-state index contributed by atoms with van der Waals surface area (Å²) in [6.45, 7) is 0.507. The second-order valence-electron chi connectivity index (χ2n) is 7.96. The van der Waals surface area contributed by atoms with Crippen molar-refractivity contribution in [3.63, 3.8) is 0 Å². The van der Waals surface area contributed by atoms with E-state index in [1.807, 2.05) is 0 Å². The lowest BCUT2D eigenvalue weighted by atomic mass is 10.0. The van der Waals surface area contributed by atoms with Gasteiger partial charge in [-0.2, -0.15) is 0 Å². The third-order valence-corrected chi connectivity index (χ3v) is 5.45. The first kappa shape index (κ1) is 24.9. The van der Waals surface area contributed by atoms with Crippen LogP contribution in [0.15, 0.2) is 47.7 Å². The number of rotatable bonds is 10. The summed E-state index contributed by atoms with van der Waals surface area (Å²) in [5.74, 6) is 0.526. The number of anilines is 1. The number of allylic oxidation sites excluding steroid dienone is 1. The van der Waals surface area contributed by atoms with Gasteiger partial charge in [0.15, 0.2) is 5.82 Å². The molecular weight excluding hydrogens is 465 g/mol. The molecule has 0 aliphatic carbocycles. The zero-order valence-electron chi connectivity index (χ0n) is 20.0. The SMILES string of the molecule is COCC(=O)NCCCc1nccc(C2=C(c3cnc(N)c(OC)n3)CC(c3ccc(F)cc3)=N2)n1. The number of halogens is 1. The van der Waals surface area contributed by atoms with E-state index in [0.717, 1.165) is 16.8 Å². The minimum atomic E-state index is -0.321. The minimum Gasteiger partial charge on any atom is -0.478 e. The number of carbonyl (C=O) groups is 1. The van der Waals surface area contributed by atoms with E-state index >= 15 is 0 Å². The fourth-order valence-corrected chi connectivity index (χ4v) is 3.71. The van der Waals surface area contributed by atoms with Gasteiger partial charge in [-0.05, 0) is 30.2 Å². The van der Waals surface area contributed by atoms with Crippen LogP contribution in [0.2, 0.25) is 0 Å². The second-order valence-corrected chi connectivity index (χ2v) is 7.96. The summed E-state index contributed by atoms with van der Waals surface area (Å²) >= 11 is 0. The number of methoxy groups -OCH3 is 2. The maximum absolute atomic E-state index is 13.5. The van der Waals surface area contributed by atoms with Crippen LogP contribution in [0, 0.1) is 5.82 Å². The number of aryl methyl sites for hydroxylation is 1. The molecule has 4 rings (SSSR count).